The van der Waals surface area contributed by atoms with Crippen molar-refractivity contribution in [3.05, 3.63) is 53.3 Å². The topological polar surface area (TPSA) is 53.5 Å². The van der Waals surface area contributed by atoms with Crippen LogP contribution in [0.25, 0.3) is 22.5 Å². The van der Waals surface area contributed by atoms with E-state index >= 15 is 0 Å². The first-order chi connectivity index (χ1) is 12.2. The Morgan fingerprint density at radius 1 is 0.760 bits per heavy atom. The molecule has 25 heavy (non-hydrogen) atoms. The van der Waals surface area contributed by atoms with E-state index in [9.17, 15) is 0 Å². The van der Waals surface area contributed by atoms with E-state index in [-0.39, 0.29) is 0 Å². The Labute approximate surface area is 154 Å². The van der Waals surface area contributed by atoms with E-state index in [2.05, 4.69) is 25.9 Å². The molecular weight excluding hydrogens is 384 g/mol. The third-order valence-corrected chi connectivity index (χ3v) is 4.29. The molecule has 0 aliphatic rings. The number of hydrogen-bond donors (Lipinski definition) is 0. The monoisotopic (exact) mass is 400 g/mol. The highest BCUT2D eigenvalue weighted by Gasteiger charge is 2.16. The van der Waals surface area contributed by atoms with Gasteiger partial charge in [0.25, 0.3) is 0 Å². The fourth-order valence-corrected chi connectivity index (χ4v) is 2.76. The third-order valence-electron chi connectivity index (χ3n) is 3.76. The smallest absolute Gasteiger partial charge is 0.159 e. The largest absolute Gasteiger partial charge is 0.496 e. The van der Waals surface area contributed by atoms with E-state index in [1.165, 1.54) is 0 Å². The second-order valence-corrected chi connectivity index (χ2v) is 6.12. The van der Waals surface area contributed by atoms with Gasteiger partial charge in [-0.2, -0.15) is 0 Å². The van der Waals surface area contributed by atoms with Gasteiger partial charge in [0.15, 0.2) is 5.82 Å². The standard InChI is InChI=1S/C19H17BrN2O3/c1-23-15-8-16(24-2)18(17(9-15)25-3)13-10-21-19(22-11-13)12-4-6-14(20)7-5-12/h4-11H,1-3H3. The van der Waals surface area contributed by atoms with Gasteiger partial charge in [-0.25, -0.2) is 9.97 Å². The van der Waals surface area contributed by atoms with Crippen molar-refractivity contribution in [2.45, 2.75) is 0 Å². The zero-order valence-electron chi connectivity index (χ0n) is 14.1. The highest BCUT2D eigenvalue weighted by atomic mass is 79.9. The number of rotatable bonds is 5. The Morgan fingerprint density at radius 2 is 1.32 bits per heavy atom. The van der Waals surface area contributed by atoms with E-state index in [1.807, 2.05) is 24.3 Å². The van der Waals surface area contributed by atoms with Crippen LogP contribution in [0.2, 0.25) is 0 Å². The van der Waals surface area contributed by atoms with Crippen molar-refractivity contribution in [3.63, 3.8) is 0 Å². The van der Waals surface area contributed by atoms with Gasteiger partial charge >= 0.3 is 0 Å². The molecule has 0 amide bonds. The van der Waals surface area contributed by atoms with Gasteiger partial charge in [0.1, 0.15) is 17.2 Å². The van der Waals surface area contributed by atoms with Crippen LogP contribution in [-0.2, 0) is 0 Å². The number of hydrogen-bond acceptors (Lipinski definition) is 5. The molecule has 3 aromatic rings. The van der Waals surface area contributed by atoms with Gasteiger partial charge in [-0.3, -0.25) is 0 Å². The lowest BCUT2D eigenvalue weighted by Crippen LogP contribution is -1.97. The number of benzene rings is 2. The van der Waals surface area contributed by atoms with Crippen molar-refractivity contribution >= 4 is 15.9 Å². The molecule has 0 radical (unpaired) electrons. The molecule has 0 N–H and O–H groups in total. The molecular formula is C19H17BrN2O3. The molecule has 128 valence electrons. The molecule has 0 aliphatic carbocycles. The fourth-order valence-electron chi connectivity index (χ4n) is 2.50. The number of nitrogens with zero attached hydrogens (tertiary/aromatic N) is 2. The molecule has 2 aromatic carbocycles. The van der Waals surface area contributed by atoms with Crippen LogP contribution in [0.1, 0.15) is 0 Å². The van der Waals surface area contributed by atoms with Crippen molar-refractivity contribution in [2.75, 3.05) is 21.3 Å². The zero-order chi connectivity index (χ0) is 17.8. The molecule has 0 saturated carbocycles. The van der Waals surface area contributed by atoms with Gasteiger partial charge < -0.3 is 14.2 Å². The molecule has 0 spiro atoms. The Balaban J connectivity index is 2.03. The van der Waals surface area contributed by atoms with Crippen LogP contribution in [0.15, 0.2) is 53.3 Å². The number of aromatic nitrogens is 2. The van der Waals surface area contributed by atoms with E-state index in [1.54, 1.807) is 45.9 Å². The third kappa shape index (κ3) is 3.58. The van der Waals surface area contributed by atoms with Crippen molar-refractivity contribution < 1.29 is 14.2 Å². The van der Waals surface area contributed by atoms with E-state index in [0.717, 1.165) is 21.2 Å². The van der Waals surface area contributed by atoms with Crippen LogP contribution in [0.4, 0.5) is 0 Å². The molecule has 0 unspecified atom stereocenters. The van der Waals surface area contributed by atoms with Gasteiger partial charge in [0.2, 0.25) is 0 Å². The summed E-state index contributed by atoms with van der Waals surface area (Å²) in [7, 11) is 4.81. The molecule has 0 fully saturated rings. The zero-order valence-corrected chi connectivity index (χ0v) is 15.7. The summed E-state index contributed by atoms with van der Waals surface area (Å²) in [5, 5.41) is 0. The summed E-state index contributed by atoms with van der Waals surface area (Å²) in [4.78, 5) is 8.96. The van der Waals surface area contributed by atoms with Crippen LogP contribution < -0.4 is 14.2 Å². The first kappa shape index (κ1) is 17.2. The lowest BCUT2D eigenvalue weighted by Gasteiger charge is -2.15. The van der Waals surface area contributed by atoms with Crippen LogP contribution in [0.5, 0.6) is 17.2 Å². The quantitative estimate of drug-likeness (QED) is 0.626. The Hall–Kier alpha value is -2.60. The average Bonchev–Trinajstić information content (AvgIpc) is 2.67. The summed E-state index contributed by atoms with van der Waals surface area (Å²) in [6.45, 7) is 0. The molecule has 0 atom stereocenters. The van der Waals surface area contributed by atoms with Crippen LogP contribution in [0.3, 0.4) is 0 Å². The van der Waals surface area contributed by atoms with Crippen molar-refractivity contribution in [1.82, 2.24) is 9.97 Å². The summed E-state index contributed by atoms with van der Waals surface area (Å²) in [5.74, 6) is 2.58. The summed E-state index contributed by atoms with van der Waals surface area (Å²) in [5.41, 5.74) is 2.54. The van der Waals surface area contributed by atoms with Crippen molar-refractivity contribution in [1.29, 1.82) is 0 Å². The minimum Gasteiger partial charge on any atom is -0.496 e. The number of ether oxygens (including phenoxy) is 3. The molecule has 0 saturated heterocycles. The molecule has 0 aliphatic heterocycles. The van der Waals surface area contributed by atoms with Gasteiger partial charge in [-0.05, 0) is 12.1 Å². The molecule has 5 nitrogen and oxygen atoms in total. The Kier molecular flexibility index (Phi) is 5.19. The second-order valence-electron chi connectivity index (χ2n) is 5.21. The maximum atomic E-state index is 5.49. The first-order valence-electron chi connectivity index (χ1n) is 7.54. The van der Waals surface area contributed by atoms with Gasteiger partial charge in [-0.1, -0.05) is 28.1 Å². The second kappa shape index (κ2) is 7.53. The van der Waals surface area contributed by atoms with Gasteiger partial charge in [0.05, 0.1) is 26.9 Å². The Morgan fingerprint density at radius 3 is 1.80 bits per heavy atom. The summed E-state index contributed by atoms with van der Waals surface area (Å²) < 4.78 is 17.3. The normalized spacial score (nSPS) is 10.4. The van der Waals surface area contributed by atoms with E-state index in [0.29, 0.717) is 23.1 Å². The molecule has 3 rings (SSSR count). The highest BCUT2D eigenvalue weighted by Crippen LogP contribution is 2.41. The predicted octanol–water partition coefficient (Wildman–Crippen LogP) is 4.60. The van der Waals surface area contributed by atoms with E-state index in [4.69, 9.17) is 14.2 Å². The Bertz CT molecular complexity index is 840. The number of methoxy groups -OCH3 is 3. The minimum atomic E-state index is 0.635. The maximum Gasteiger partial charge on any atom is 0.159 e. The maximum absolute atomic E-state index is 5.49. The molecule has 0 bridgehead atoms. The van der Waals surface area contributed by atoms with Crippen LogP contribution >= 0.6 is 15.9 Å². The van der Waals surface area contributed by atoms with Crippen LogP contribution in [-0.4, -0.2) is 31.3 Å². The number of halogens is 1. The molecule has 1 heterocycles. The van der Waals surface area contributed by atoms with Crippen LogP contribution in [0, 0.1) is 0 Å². The van der Waals surface area contributed by atoms with Gasteiger partial charge in [0, 0.05) is 40.1 Å². The van der Waals surface area contributed by atoms with Gasteiger partial charge in [-0.15, -0.1) is 0 Å². The lowest BCUT2D eigenvalue weighted by molar-refractivity contribution is 0.377. The fraction of sp³-hybridized carbons (Fsp3) is 0.158. The van der Waals surface area contributed by atoms with Crippen molar-refractivity contribution in [3.8, 4) is 39.8 Å². The summed E-state index contributed by atoms with van der Waals surface area (Å²) in [6.07, 6.45) is 3.52. The first-order valence-corrected chi connectivity index (χ1v) is 8.34. The van der Waals surface area contributed by atoms with E-state index < -0.39 is 0 Å². The average molecular weight is 401 g/mol. The molecule has 1 aromatic heterocycles. The molecule has 6 heteroatoms. The lowest BCUT2D eigenvalue weighted by atomic mass is 10.1. The van der Waals surface area contributed by atoms with Crippen molar-refractivity contribution in [2.24, 2.45) is 0 Å². The minimum absolute atomic E-state index is 0.635. The summed E-state index contributed by atoms with van der Waals surface area (Å²) >= 11 is 3.42. The SMILES string of the molecule is COc1cc(OC)c(-c2cnc(-c3ccc(Br)cc3)nc2)c(OC)c1. The predicted molar refractivity (Wildman–Crippen MR) is 100 cm³/mol. The summed E-state index contributed by atoms with van der Waals surface area (Å²) in [6, 6.07) is 11.5. The highest BCUT2D eigenvalue weighted by molar-refractivity contribution is 9.10.